The molecular formula is C14H10N4O2. The summed E-state index contributed by atoms with van der Waals surface area (Å²) in [4.78, 5) is 19.0. The van der Waals surface area contributed by atoms with Gasteiger partial charge >= 0.3 is 5.97 Å². The molecule has 0 aliphatic rings. The normalized spacial score (nSPS) is 10.4. The van der Waals surface area contributed by atoms with Crippen LogP contribution in [-0.2, 0) is 0 Å². The minimum Gasteiger partial charge on any atom is -0.476 e. The highest BCUT2D eigenvalue weighted by Crippen LogP contribution is 2.23. The molecule has 3 aromatic heterocycles. The van der Waals surface area contributed by atoms with Crippen molar-refractivity contribution in [1.29, 1.82) is 0 Å². The van der Waals surface area contributed by atoms with E-state index in [0.29, 0.717) is 5.69 Å². The van der Waals surface area contributed by atoms with Crippen molar-refractivity contribution in [2.24, 2.45) is 0 Å². The minimum absolute atomic E-state index is 0.00590. The number of carbonyl (C=O) groups is 1. The Morgan fingerprint density at radius 2 is 1.60 bits per heavy atom. The number of aromatic nitrogens is 4. The highest BCUT2D eigenvalue weighted by atomic mass is 16.4. The molecule has 0 unspecified atom stereocenters. The lowest BCUT2D eigenvalue weighted by molar-refractivity contribution is 0.0690. The smallest absolute Gasteiger partial charge is 0.356 e. The summed E-state index contributed by atoms with van der Waals surface area (Å²) in [6.07, 6.45) is 6.57. The highest BCUT2D eigenvalue weighted by Gasteiger charge is 2.15. The Bertz CT molecular complexity index is 681. The summed E-state index contributed by atoms with van der Waals surface area (Å²) in [7, 11) is 0. The molecule has 0 fully saturated rings. The van der Waals surface area contributed by atoms with Crippen LogP contribution in [0.25, 0.3) is 16.9 Å². The fourth-order valence-electron chi connectivity index (χ4n) is 1.90. The fourth-order valence-corrected chi connectivity index (χ4v) is 1.90. The molecule has 0 spiro atoms. The van der Waals surface area contributed by atoms with Gasteiger partial charge in [-0.1, -0.05) is 0 Å². The molecule has 98 valence electrons. The van der Waals surface area contributed by atoms with E-state index in [9.17, 15) is 4.79 Å². The van der Waals surface area contributed by atoms with Crippen molar-refractivity contribution in [3.05, 3.63) is 60.8 Å². The number of rotatable bonds is 3. The quantitative estimate of drug-likeness (QED) is 0.784. The van der Waals surface area contributed by atoms with Crippen LogP contribution >= 0.6 is 0 Å². The predicted octanol–water partition coefficient (Wildman–Crippen LogP) is 2.03. The zero-order valence-corrected chi connectivity index (χ0v) is 10.3. The zero-order valence-electron chi connectivity index (χ0n) is 10.3. The number of pyridine rings is 2. The van der Waals surface area contributed by atoms with Crippen LogP contribution in [0.3, 0.4) is 0 Å². The van der Waals surface area contributed by atoms with Crippen LogP contribution in [0.4, 0.5) is 0 Å². The molecule has 3 heterocycles. The summed E-state index contributed by atoms with van der Waals surface area (Å²) in [5.41, 5.74) is 2.28. The SMILES string of the molecule is O=C(O)c1cc(-c2ccncc2)n(-c2ccncc2)n1. The van der Waals surface area contributed by atoms with Gasteiger partial charge in [0.2, 0.25) is 0 Å². The fraction of sp³-hybridized carbons (Fsp3) is 0. The summed E-state index contributed by atoms with van der Waals surface area (Å²) in [6.45, 7) is 0. The molecule has 3 rings (SSSR count). The van der Waals surface area contributed by atoms with E-state index in [1.807, 2.05) is 0 Å². The van der Waals surface area contributed by atoms with Crippen LogP contribution in [0.1, 0.15) is 10.5 Å². The number of nitrogens with zero attached hydrogens (tertiary/aromatic N) is 4. The molecule has 3 aromatic rings. The Morgan fingerprint density at radius 1 is 1.00 bits per heavy atom. The monoisotopic (exact) mass is 266 g/mol. The molecule has 6 heteroatoms. The van der Waals surface area contributed by atoms with Crippen molar-refractivity contribution in [3.63, 3.8) is 0 Å². The number of hydrogen-bond acceptors (Lipinski definition) is 4. The van der Waals surface area contributed by atoms with Gasteiger partial charge in [-0.25, -0.2) is 9.48 Å². The number of carboxylic acid groups (broad SMARTS) is 1. The molecule has 0 saturated carbocycles. The second kappa shape index (κ2) is 4.93. The lowest BCUT2D eigenvalue weighted by atomic mass is 10.2. The van der Waals surface area contributed by atoms with Crippen LogP contribution in [0.2, 0.25) is 0 Å². The van der Waals surface area contributed by atoms with Gasteiger partial charge in [0.25, 0.3) is 0 Å². The molecule has 1 N–H and O–H groups in total. The van der Waals surface area contributed by atoms with Crippen molar-refractivity contribution < 1.29 is 9.90 Å². The third-order valence-corrected chi connectivity index (χ3v) is 2.81. The summed E-state index contributed by atoms with van der Waals surface area (Å²) in [6, 6.07) is 8.69. The van der Waals surface area contributed by atoms with Gasteiger partial charge in [0.15, 0.2) is 5.69 Å². The molecule has 20 heavy (non-hydrogen) atoms. The highest BCUT2D eigenvalue weighted by molar-refractivity contribution is 5.87. The van der Waals surface area contributed by atoms with Crippen molar-refractivity contribution in [2.75, 3.05) is 0 Å². The minimum atomic E-state index is -1.06. The number of aromatic carboxylic acids is 1. The first-order chi connectivity index (χ1) is 9.75. The van der Waals surface area contributed by atoms with E-state index in [1.165, 1.54) is 6.07 Å². The average Bonchev–Trinajstić information content (AvgIpc) is 2.94. The van der Waals surface area contributed by atoms with Crippen molar-refractivity contribution in [2.45, 2.75) is 0 Å². The van der Waals surface area contributed by atoms with E-state index < -0.39 is 5.97 Å². The summed E-state index contributed by atoms with van der Waals surface area (Å²) in [5, 5.41) is 13.2. The van der Waals surface area contributed by atoms with Gasteiger partial charge in [0.05, 0.1) is 11.4 Å². The van der Waals surface area contributed by atoms with Crippen LogP contribution in [0.15, 0.2) is 55.1 Å². The Balaban J connectivity index is 2.20. The third kappa shape index (κ3) is 2.14. The van der Waals surface area contributed by atoms with E-state index in [-0.39, 0.29) is 5.69 Å². The lowest BCUT2D eigenvalue weighted by Crippen LogP contribution is -2.02. The molecule has 0 amide bonds. The maximum atomic E-state index is 11.1. The molecule has 0 atom stereocenters. The Morgan fingerprint density at radius 3 is 2.20 bits per heavy atom. The van der Waals surface area contributed by atoms with Gasteiger partial charge in [-0.3, -0.25) is 9.97 Å². The maximum absolute atomic E-state index is 11.1. The van der Waals surface area contributed by atoms with Crippen molar-refractivity contribution in [1.82, 2.24) is 19.7 Å². The first-order valence-corrected chi connectivity index (χ1v) is 5.90. The van der Waals surface area contributed by atoms with Gasteiger partial charge in [-0.2, -0.15) is 5.10 Å². The molecule has 0 aliphatic carbocycles. The van der Waals surface area contributed by atoms with Crippen molar-refractivity contribution in [3.8, 4) is 16.9 Å². The Kier molecular flexibility index (Phi) is 2.96. The Hall–Kier alpha value is -3.02. The van der Waals surface area contributed by atoms with E-state index in [0.717, 1.165) is 11.3 Å². The second-order valence-electron chi connectivity index (χ2n) is 4.07. The first-order valence-electron chi connectivity index (χ1n) is 5.90. The van der Waals surface area contributed by atoms with E-state index >= 15 is 0 Å². The topological polar surface area (TPSA) is 80.9 Å². The van der Waals surface area contributed by atoms with E-state index in [4.69, 9.17) is 5.11 Å². The lowest BCUT2D eigenvalue weighted by Gasteiger charge is -2.06. The molecule has 0 aromatic carbocycles. The van der Waals surface area contributed by atoms with Crippen LogP contribution in [0.5, 0.6) is 0 Å². The maximum Gasteiger partial charge on any atom is 0.356 e. The summed E-state index contributed by atoms with van der Waals surface area (Å²) >= 11 is 0. The largest absolute Gasteiger partial charge is 0.476 e. The second-order valence-corrected chi connectivity index (χ2v) is 4.07. The number of carboxylic acids is 1. The summed E-state index contributed by atoms with van der Waals surface area (Å²) < 4.78 is 1.58. The van der Waals surface area contributed by atoms with Crippen LogP contribution < -0.4 is 0 Å². The number of hydrogen-bond donors (Lipinski definition) is 1. The molecule has 0 aliphatic heterocycles. The van der Waals surface area contributed by atoms with Gasteiger partial charge < -0.3 is 5.11 Å². The molecular weight excluding hydrogens is 256 g/mol. The zero-order chi connectivity index (χ0) is 13.9. The predicted molar refractivity (Wildman–Crippen MR) is 71.5 cm³/mol. The first kappa shape index (κ1) is 12.0. The van der Waals surface area contributed by atoms with Gasteiger partial charge in [-0.15, -0.1) is 0 Å². The summed E-state index contributed by atoms with van der Waals surface area (Å²) in [5.74, 6) is -1.06. The Labute approximate surface area is 114 Å². The molecule has 0 radical (unpaired) electrons. The van der Waals surface area contributed by atoms with Gasteiger partial charge in [-0.05, 0) is 30.3 Å². The standard InChI is InChI=1S/C14H10N4O2/c19-14(20)12-9-13(10-1-5-15-6-2-10)18(17-12)11-3-7-16-8-4-11/h1-9H,(H,19,20). The molecule has 0 bridgehead atoms. The van der Waals surface area contributed by atoms with Crippen LogP contribution in [0, 0.1) is 0 Å². The molecule has 6 nitrogen and oxygen atoms in total. The molecule has 0 saturated heterocycles. The average molecular weight is 266 g/mol. The van der Waals surface area contributed by atoms with Gasteiger partial charge in [0.1, 0.15) is 0 Å². The van der Waals surface area contributed by atoms with Gasteiger partial charge in [0, 0.05) is 30.4 Å². The van der Waals surface area contributed by atoms with E-state index in [2.05, 4.69) is 15.1 Å². The van der Waals surface area contributed by atoms with Crippen LogP contribution in [-0.4, -0.2) is 30.8 Å². The third-order valence-electron chi connectivity index (χ3n) is 2.81. The van der Waals surface area contributed by atoms with E-state index in [1.54, 1.807) is 53.7 Å². The van der Waals surface area contributed by atoms with Crippen molar-refractivity contribution >= 4 is 5.97 Å².